The molecule has 0 aliphatic heterocycles. The number of hydrogen-bond donors (Lipinski definition) is 2. The fourth-order valence-electron chi connectivity index (χ4n) is 1.52. The van der Waals surface area contributed by atoms with Crippen molar-refractivity contribution in [1.29, 1.82) is 0 Å². The maximum absolute atomic E-state index is 12.2. The van der Waals surface area contributed by atoms with Crippen LogP contribution in [0.4, 0.5) is 0 Å². The van der Waals surface area contributed by atoms with Crippen molar-refractivity contribution in [1.82, 2.24) is 14.9 Å². The second kappa shape index (κ2) is 6.69. The van der Waals surface area contributed by atoms with Gasteiger partial charge in [0.2, 0.25) is 0 Å². The highest BCUT2D eigenvalue weighted by molar-refractivity contribution is 9.10. The Labute approximate surface area is 133 Å². The molecule has 0 aliphatic rings. The van der Waals surface area contributed by atoms with Crippen molar-refractivity contribution in [3.8, 4) is 0 Å². The van der Waals surface area contributed by atoms with Crippen molar-refractivity contribution in [2.24, 2.45) is 0 Å². The number of H-pyrrole nitrogens is 1. The first-order valence-electron chi connectivity index (χ1n) is 5.87. The minimum atomic E-state index is -3.88. The van der Waals surface area contributed by atoms with Gasteiger partial charge in [0.25, 0.3) is 10.0 Å². The van der Waals surface area contributed by atoms with Gasteiger partial charge in [0, 0.05) is 21.3 Å². The van der Waals surface area contributed by atoms with Crippen LogP contribution in [0.1, 0.15) is 22.2 Å². The van der Waals surface area contributed by atoms with E-state index < -0.39 is 16.0 Å². The molecule has 0 aromatic carbocycles. The lowest BCUT2D eigenvalue weighted by Crippen LogP contribution is -2.25. The second-order valence-corrected chi connectivity index (χ2v) is 7.50. The normalized spacial score (nSPS) is 11.5. The molecule has 2 heterocycles. The Bertz CT molecular complexity index is 738. The van der Waals surface area contributed by atoms with Crippen LogP contribution in [0.25, 0.3) is 0 Å². The fourth-order valence-corrected chi connectivity index (χ4v) is 4.09. The molecule has 0 unspecified atom stereocenters. The highest BCUT2D eigenvalue weighted by atomic mass is 79.9. The van der Waals surface area contributed by atoms with Gasteiger partial charge in [0.15, 0.2) is 5.03 Å². The minimum Gasteiger partial charge on any atom is -0.462 e. The van der Waals surface area contributed by atoms with Crippen molar-refractivity contribution in [2.75, 3.05) is 6.61 Å². The topological polar surface area (TPSA) is 101 Å². The van der Waals surface area contributed by atoms with E-state index >= 15 is 0 Å². The lowest BCUT2D eigenvalue weighted by atomic mass is 10.4. The van der Waals surface area contributed by atoms with Gasteiger partial charge < -0.3 is 4.74 Å². The molecule has 114 valence electrons. The number of aromatic amines is 1. The molecule has 0 saturated carbocycles. The van der Waals surface area contributed by atoms with E-state index in [2.05, 4.69) is 30.8 Å². The average Bonchev–Trinajstić information content (AvgIpc) is 3.05. The van der Waals surface area contributed by atoms with Crippen molar-refractivity contribution < 1.29 is 17.9 Å². The summed E-state index contributed by atoms with van der Waals surface area (Å²) in [5.74, 6) is -0.731. The first kappa shape index (κ1) is 16.1. The summed E-state index contributed by atoms with van der Waals surface area (Å²) < 4.78 is 32.5. The summed E-state index contributed by atoms with van der Waals surface area (Å²) in [6.45, 7) is 1.92. The Balaban J connectivity index is 2.16. The molecule has 10 heteroatoms. The standard InChI is InChI=1S/C11H12BrN3O4S2/c1-2-19-11(16)9-5-13-15-10(9)21(17,18)14-4-8-3-7(12)6-20-8/h3,5-6,14H,2,4H2,1H3,(H,13,15). The van der Waals surface area contributed by atoms with Gasteiger partial charge >= 0.3 is 5.97 Å². The molecule has 21 heavy (non-hydrogen) atoms. The van der Waals surface area contributed by atoms with E-state index in [1.165, 1.54) is 11.3 Å². The Hall–Kier alpha value is -1.23. The molecule has 0 spiro atoms. The maximum Gasteiger partial charge on any atom is 0.342 e. The van der Waals surface area contributed by atoms with Crippen LogP contribution < -0.4 is 4.72 Å². The second-order valence-electron chi connectivity index (χ2n) is 3.89. The first-order chi connectivity index (χ1) is 9.94. The number of carbonyl (C=O) groups excluding carboxylic acids is 1. The van der Waals surface area contributed by atoms with Gasteiger partial charge in [-0.1, -0.05) is 0 Å². The number of sulfonamides is 1. The molecule has 0 fully saturated rings. The summed E-state index contributed by atoms with van der Waals surface area (Å²) in [6, 6.07) is 1.81. The number of hydrogen-bond acceptors (Lipinski definition) is 6. The monoisotopic (exact) mass is 393 g/mol. The third-order valence-corrected chi connectivity index (χ3v) is 5.50. The van der Waals surface area contributed by atoms with Crippen LogP contribution in [0.3, 0.4) is 0 Å². The van der Waals surface area contributed by atoms with Crippen molar-refractivity contribution >= 4 is 43.3 Å². The SMILES string of the molecule is CCOC(=O)c1cn[nH]c1S(=O)(=O)NCc1cc(Br)cs1. The maximum atomic E-state index is 12.2. The van der Waals surface area contributed by atoms with E-state index in [1.807, 2.05) is 11.4 Å². The van der Waals surface area contributed by atoms with Crippen LogP contribution in [0, 0.1) is 0 Å². The first-order valence-corrected chi connectivity index (χ1v) is 9.02. The van der Waals surface area contributed by atoms with Gasteiger partial charge in [0.05, 0.1) is 12.8 Å². The molecule has 0 atom stereocenters. The minimum absolute atomic E-state index is 0.114. The Morgan fingerprint density at radius 3 is 2.95 bits per heavy atom. The van der Waals surface area contributed by atoms with Crippen LogP contribution in [-0.2, 0) is 21.3 Å². The van der Waals surface area contributed by atoms with Crippen LogP contribution in [0.5, 0.6) is 0 Å². The van der Waals surface area contributed by atoms with Gasteiger partial charge in [0.1, 0.15) is 5.56 Å². The zero-order chi connectivity index (χ0) is 15.5. The number of nitrogens with zero attached hydrogens (tertiary/aromatic N) is 1. The van der Waals surface area contributed by atoms with Gasteiger partial charge in [-0.25, -0.2) is 17.9 Å². The van der Waals surface area contributed by atoms with Crippen molar-refractivity contribution in [3.05, 3.63) is 32.6 Å². The summed E-state index contributed by atoms with van der Waals surface area (Å²) in [5.41, 5.74) is -0.114. The van der Waals surface area contributed by atoms with Gasteiger partial charge in [-0.05, 0) is 28.9 Å². The third-order valence-electron chi connectivity index (χ3n) is 2.43. The molecule has 2 N–H and O–H groups in total. The van der Waals surface area contributed by atoms with E-state index in [1.54, 1.807) is 6.92 Å². The predicted molar refractivity (Wildman–Crippen MR) is 80.6 cm³/mol. The molecule has 2 rings (SSSR count). The van der Waals surface area contributed by atoms with E-state index in [0.29, 0.717) is 0 Å². The Kier molecular flexibility index (Phi) is 5.14. The largest absolute Gasteiger partial charge is 0.462 e. The summed E-state index contributed by atoms with van der Waals surface area (Å²) in [5, 5.41) is 7.48. The zero-order valence-electron chi connectivity index (χ0n) is 10.9. The van der Waals surface area contributed by atoms with Gasteiger partial charge in [-0.3, -0.25) is 5.10 Å². The number of ether oxygens (including phenoxy) is 1. The van der Waals surface area contributed by atoms with Crippen LogP contribution in [-0.4, -0.2) is 31.2 Å². The fraction of sp³-hybridized carbons (Fsp3) is 0.273. The molecule has 0 aliphatic carbocycles. The number of nitrogens with one attached hydrogen (secondary N) is 2. The van der Waals surface area contributed by atoms with E-state index in [-0.39, 0.29) is 23.7 Å². The molecular formula is C11H12BrN3O4S2. The van der Waals surface area contributed by atoms with Crippen LogP contribution in [0.15, 0.2) is 27.1 Å². The summed E-state index contributed by atoms with van der Waals surface area (Å²) in [6.07, 6.45) is 1.13. The molecular weight excluding hydrogens is 382 g/mol. The lowest BCUT2D eigenvalue weighted by Gasteiger charge is -2.05. The van der Waals surface area contributed by atoms with E-state index in [4.69, 9.17) is 4.74 Å². The Morgan fingerprint density at radius 2 is 2.33 bits per heavy atom. The van der Waals surface area contributed by atoms with Crippen LogP contribution in [0.2, 0.25) is 0 Å². The molecule has 0 radical (unpaired) electrons. The molecule has 2 aromatic rings. The van der Waals surface area contributed by atoms with E-state index in [0.717, 1.165) is 15.5 Å². The smallest absolute Gasteiger partial charge is 0.342 e. The molecule has 0 bridgehead atoms. The lowest BCUT2D eigenvalue weighted by molar-refractivity contribution is 0.0522. The quantitative estimate of drug-likeness (QED) is 0.729. The van der Waals surface area contributed by atoms with E-state index in [9.17, 15) is 13.2 Å². The molecule has 0 amide bonds. The van der Waals surface area contributed by atoms with Gasteiger partial charge in [-0.15, -0.1) is 11.3 Å². The molecule has 0 saturated heterocycles. The number of aromatic nitrogens is 2. The summed E-state index contributed by atoms with van der Waals surface area (Å²) >= 11 is 4.71. The Morgan fingerprint density at radius 1 is 1.57 bits per heavy atom. The number of rotatable bonds is 6. The molecule has 2 aromatic heterocycles. The summed E-state index contributed by atoms with van der Waals surface area (Å²) in [4.78, 5) is 12.5. The number of halogens is 1. The van der Waals surface area contributed by atoms with Crippen molar-refractivity contribution in [3.63, 3.8) is 0 Å². The third kappa shape index (κ3) is 3.90. The molecule has 7 nitrogen and oxygen atoms in total. The zero-order valence-corrected chi connectivity index (χ0v) is 14.1. The van der Waals surface area contributed by atoms with Crippen molar-refractivity contribution in [2.45, 2.75) is 18.5 Å². The highest BCUT2D eigenvalue weighted by Crippen LogP contribution is 2.20. The number of carbonyl (C=O) groups is 1. The number of esters is 1. The predicted octanol–water partition coefficient (Wildman–Crippen LogP) is 1.89. The van der Waals surface area contributed by atoms with Crippen LogP contribution >= 0.6 is 27.3 Å². The average molecular weight is 394 g/mol. The summed E-state index contributed by atoms with van der Waals surface area (Å²) in [7, 11) is -3.88. The highest BCUT2D eigenvalue weighted by Gasteiger charge is 2.25. The van der Waals surface area contributed by atoms with Gasteiger partial charge in [-0.2, -0.15) is 5.10 Å². The number of thiophene rings is 1.